The van der Waals surface area contributed by atoms with Crippen molar-refractivity contribution >= 4 is 11.5 Å². The monoisotopic (exact) mass is 274 g/mol. The van der Waals surface area contributed by atoms with E-state index in [0.29, 0.717) is 5.78 Å². The van der Waals surface area contributed by atoms with Crippen molar-refractivity contribution in [3.8, 4) is 0 Å². The Bertz CT molecular complexity index is 404. The second kappa shape index (κ2) is 8.05. The Morgan fingerprint density at radius 2 is 1.85 bits per heavy atom. The minimum atomic E-state index is 0.420. The molecule has 0 unspecified atom stereocenters. The van der Waals surface area contributed by atoms with Gasteiger partial charge >= 0.3 is 0 Å². The molecule has 0 bridgehead atoms. The molecule has 3 nitrogen and oxygen atoms in total. The number of piperidine rings is 1. The fraction of sp³-hybridized carbons (Fsp3) is 0.588. The summed E-state index contributed by atoms with van der Waals surface area (Å²) in [6.07, 6.45) is 4.99. The topological polar surface area (TPSA) is 32.3 Å². The molecule has 0 aliphatic carbocycles. The van der Waals surface area contributed by atoms with Crippen molar-refractivity contribution in [2.45, 2.75) is 39.0 Å². The van der Waals surface area contributed by atoms with Gasteiger partial charge in [-0.3, -0.25) is 4.79 Å². The fourth-order valence-electron chi connectivity index (χ4n) is 2.51. The molecule has 3 heteroatoms. The number of carbonyl (C=O) groups is 1. The summed E-state index contributed by atoms with van der Waals surface area (Å²) < 4.78 is 0. The zero-order valence-electron chi connectivity index (χ0n) is 12.5. The van der Waals surface area contributed by atoms with Crippen molar-refractivity contribution in [3.05, 3.63) is 29.8 Å². The van der Waals surface area contributed by atoms with E-state index in [1.54, 1.807) is 0 Å². The summed E-state index contributed by atoms with van der Waals surface area (Å²) in [6.45, 7) is 6.21. The number of benzene rings is 1. The number of carbonyl (C=O) groups excluding carboxylic acids is 1. The van der Waals surface area contributed by atoms with Gasteiger partial charge in [-0.2, -0.15) is 0 Å². The molecule has 2 rings (SSSR count). The van der Waals surface area contributed by atoms with Gasteiger partial charge in [0.2, 0.25) is 0 Å². The quantitative estimate of drug-likeness (QED) is 0.775. The molecule has 0 radical (unpaired) electrons. The summed E-state index contributed by atoms with van der Waals surface area (Å²) in [7, 11) is 0. The van der Waals surface area contributed by atoms with Gasteiger partial charge < -0.3 is 10.2 Å². The minimum absolute atomic E-state index is 0.420. The highest BCUT2D eigenvalue weighted by Gasteiger charge is 2.15. The van der Waals surface area contributed by atoms with Crippen molar-refractivity contribution in [1.29, 1.82) is 0 Å². The van der Waals surface area contributed by atoms with E-state index >= 15 is 0 Å². The van der Waals surface area contributed by atoms with E-state index in [1.807, 2.05) is 0 Å². The maximum Gasteiger partial charge on any atom is 0.135 e. The smallest absolute Gasteiger partial charge is 0.135 e. The summed E-state index contributed by atoms with van der Waals surface area (Å²) in [5.41, 5.74) is 2.59. The first kappa shape index (κ1) is 15.0. The lowest BCUT2D eigenvalue weighted by Crippen LogP contribution is -2.35. The number of hydrogen-bond donors (Lipinski definition) is 1. The molecule has 1 aromatic rings. The lowest BCUT2D eigenvalue weighted by Gasteiger charge is -2.25. The SMILES string of the molecule is CCCCNc1ccc(CCN2CCC(=O)CC2)cc1. The van der Waals surface area contributed by atoms with E-state index in [9.17, 15) is 4.79 Å². The van der Waals surface area contributed by atoms with Crippen LogP contribution in [-0.4, -0.2) is 36.9 Å². The van der Waals surface area contributed by atoms with Crippen molar-refractivity contribution in [2.24, 2.45) is 0 Å². The third-order valence-electron chi connectivity index (χ3n) is 3.94. The number of rotatable bonds is 7. The Morgan fingerprint density at radius 3 is 2.50 bits per heavy atom. The number of likely N-dealkylation sites (tertiary alicyclic amines) is 1. The highest BCUT2D eigenvalue weighted by atomic mass is 16.1. The summed E-state index contributed by atoms with van der Waals surface area (Å²) in [6, 6.07) is 8.77. The van der Waals surface area contributed by atoms with Gasteiger partial charge in [-0.25, -0.2) is 0 Å². The van der Waals surface area contributed by atoms with Crippen LogP contribution in [0.2, 0.25) is 0 Å². The number of hydrogen-bond acceptors (Lipinski definition) is 3. The Kier molecular flexibility index (Phi) is 6.06. The molecule has 1 aromatic carbocycles. The minimum Gasteiger partial charge on any atom is -0.385 e. The van der Waals surface area contributed by atoms with Crippen molar-refractivity contribution in [3.63, 3.8) is 0 Å². The van der Waals surface area contributed by atoms with Gasteiger partial charge in [0.1, 0.15) is 5.78 Å². The Morgan fingerprint density at radius 1 is 1.15 bits per heavy atom. The maximum absolute atomic E-state index is 11.2. The van der Waals surface area contributed by atoms with Crippen LogP contribution in [0.25, 0.3) is 0 Å². The number of unbranched alkanes of at least 4 members (excludes halogenated alkanes) is 1. The van der Waals surface area contributed by atoms with Crippen molar-refractivity contribution < 1.29 is 4.79 Å². The van der Waals surface area contributed by atoms with Crippen LogP contribution in [0, 0.1) is 0 Å². The third kappa shape index (κ3) is 4.97. The van der Waals surface area contributed by atoms with Crippen LogP contribution in [0.1, 0.15) is 38.2 Å². The average molecular weight is 274 g/mol. The number of anilines is 1. The number of nitrogens with zero attached hydrogens (tertiary/aromatic N) is 1. The summed E-state index contributed by atoms with van der Waals surface area (Å²) >= 11 is 0. The third-order valence-corrected chi connectivity index (χ3v) is 3.94. The zero-order valence-corrected chi connectivity index (χ0v) is 12.5. The van der Waals surface area contributed by atoms with Gasteiger partial charge in [-0.15, -0.1) is 0 Å². The molecule has 0 atom stereocenters. The standard InChI is InChI=1S/C17H26N2O/c1-2-3-11-18-16-6-4-15(5-7-16)8-12-19-13-9-17(20)10-14-19/h4-7,18H,2-3,8-14H2,1H3. The van der Waals surface area contributed by atoms with Crippen molar-refractivity contribution in [1.82, 2.24) is 4.90 Å². The molecule has 20 heavy (non-hydrogen) atoms. The van der Waals surface area contributed by atoms with Gasteiger partial charge in [-0.1, -0.05) is 25.5 Å². The average Bonchev–Trinajstić information content (AvgIpc) is 2.48. The Hall–Kier alpha value is -1.35. The van der Waals surface area contributed by atoms with E-state index in [2.05, 4.69) is 41.4 Å². The Balaban J connectivity index is 1.72. The predicted octanol–water partition coefficient (Wildman–Crippen LogP) is 3.11. The van der Waals surface area contributed by atoms with E-state index in [0.717, 1.165) is 45.4 Å². The molecular formula is C17H26N2O. The number of nitrogens with one attached hydrogen (secondary N) is 1. The second-order valence-corrected chi connectivity index (χ2v) is 5.61. The van der Waals surface area contributed by atoms with Crippen LogP contribution >= 0.6 is 0 Å². The van der Waals surface area contributed by atoms with Crippen LogP contribution in [-0.2, 0) is 11.2 Å². The van der Waals surface area contributed by atoms with E-state index in [-0.39, 0.29) is 0 Å². The molecular weight excluding hydrogens is 248 g/mol. The molecule has 1 aliphatic heterocycles. The highest BCUT2D eigenvalue weighted by molar-refractivity contribution is 5.79. The molecule has 1 aliphatic rings. The molecule has 0 spiro atoms. The molecule has 0 aromatic heterocycles. The molecule has 1 heterocycles. The first-order valence-corrected chi connectivity index (χ1v) is 7.85. The normalized spacial score (nSPS) is 16.4. The molecule has 1 N–H and O–H groups in total. The van der Waals surface area contributed by atoms with Gasteiger partial charge in [-0.05, 0) is 30.5 Å². The predicted molar refractivity (Wildman–Crippen MR) is 84.2 cm³/mol. The Labute approximate surface area is 122 Å². The van der Waals surface area contributed by atoms with Crippen LogP contribution in [0.5, 0.6) is 0 Å². The van der Waals surface area contributed by atoms with E-state index in [4.69, 9.17) is 0 Å². The van der Waals surface area contributed by atoms with Crippen LogP contribution in [0.4, 0.5) is 5.69 Å². The van der Waals surface area contributed by atoms with Crippen LogP contribution in [0.15, 0.2) is 24.3 Å². The summed E-state index contributed by atoms with van der Waals surface area (Å²) in [4.78, 5) is 13.6. The second-order valence-electron chi connectivity index (χ2n) is 5.61. The number of Topliss-reactive ketones (excluding diaryl/α,β-unsaturated/α-hetero) is 1. The van der Waals surface area contributed by atoms with Gasteiger partial charge in [0.15, 0.2) is 0 Å². The van der Waals surface area contributed by atoms with Gasteiger partial charge in [0.05, 0.1) is 0 Å². The zero-order chi connectivity index (χ0) is 14.2. The van der Waals surface area contributed by atoms with Gasteiger partial charge in [0.25, 0.3) is 0 Å². The first-order chi connectivity index (χ1) is 9.78. The fourth-order valence-corrected chi connectivity index (χ4v) is 2.51. The lowest BCUT2D eigenvalue weighted by atomic mass is 10.1. The summed E-state index contributed by atoms with van der Waals surface area (Å²) in [5, 5.41) is 3.44. The summed E-state index contributed by atoms with van der Waals surface area (Å²) in [5.74, 6) is 0.420. The molecule has 1 saturated heterocycles. The van der Waals surface area contributed by atoms with E-state index < -0.39 is 0 Å². The maximum atomic E-state index is 11.2. The van der Waals surface area contributed by atoms with Crippen molar-refractivity contribution in [2.75, 3.05) is 31.5 Å². The lowest BCUT2D eigenvalue weighted by molar-refractivity contribution is -0.121. The molecule has 1 fully saturated rings. The largest absolute Gasteiger partial charge is 0.385 e. The molecule has 110 valence electrons. The first-order valence-electron chi connectivity index (χ1n) is 7.85. The molecule has 0 saturated carbocycles. The van der Waals surface area contributed by atoms with Gasteiger partial charge in [0, 0.05) is 44.7 Å². The highest BCUT2D eigenvalue weighted by Crippen LogP contribution is 2.12. The van der Waals surface area contributed by atoms with Crippen LogP contribution in [0.3, 0.4) is 0 Å². The number of ketones is 1. The van der Waals surface area contributed by atoms with Crippen LogP contribution < -0.4 is 5.32 Å². The van der Waals surface area contributed by atoms with E-state index in [1.165, 1.54) is 24.1 Å². The molecule has 0 amide bonds.